The van der Waals surface area contributed by atoms with Gasteiger partial charge in [-0.3, -0.25) is 0 Å². The minimum atomic E-state index is -4.80. The standard InChI is InChI=1S/C17H31O3P/c1-9-21(18,19,20)15-10-12(2)13(16(3,4)5)11-14(15)17(6,7)8/h10-11,18-20H,9H2,1-8H3. The van der Waals surface area contributed by atoms with Crippen molar-refractivity contribution in [3.05, 3.63) is 28.8 Å². The Morgan fingerprint density at radius 1 is 0.857 bits per heavy atom. The Balaban J connectivity index is 3.81. The summed E-state index contributed by atoms with van der Waals surface area (Å²) in [4.78, 5) is 31.4. The summed E-state index contributed by atoms with van der Waals surface area (Å²) in [7, 11) is -4.80. The van der Waals surface area contributed by atoms with Crippen molar-refractivity contribution >= 4 is 12.6 Å². The Morgan fingerprint density at radius 2 is 1.29 bits per heavy atom. The number of rotatable bonds is 2. The van der Waals surface area contributed by atoms with E-state index in [-0.39, 0.29) is 17.0 Å². The molecule has 3 nitrogen and oxygen atoms in total. The van der Waals surface area contributed by atoms with Crippen LogP contribution in [0.4, 0.5) is 0 Å². The molecular weight excluding hydrogens is 283 g/mol. The van der Waals surface area contributed by atoms with Gasteiger partial charge in [-0.15, -0.1) is 0 Å². The summed E-state index contributed by atoms with van der Waals surface area (Å²) in [6.45, 7) is 16.0. The van der Waals surface area contributed by atoms with E-state index in [1.54, 1.807) is 13.0 Å². The first kappa shape index (κ1) is 18.6. The first-order chi connectivity index (χ1) is 9.08. The SMILES string of the molecule is CCP(O)(O)(O)c1cc(C)c(C(C)(C)C)cc1C(C)(C)C. The number of aryl methyl sites for hydroxylation is 1. The van der Waals surface area contributed by atoms with Crippen LogP contribution in [0.5, 0.6) is 0 Å². The molecular formula is C17H31O3P. The normalized spacial score (nSPS) is 15.7. The Bertz CT molecular complexity index is 540. The molecule has 1 aromatic rings. The second-order valence-corrected chi connectivity index (χ2v) is 11.6. The van der Waals surface area contributed by atoms with E-state index in [1.807, 2.05) is 33.8 Å². The van der Waals surface area contributed by atoms with E-state index in [0.717, 1.165) is 11.1 Å². The molecule has 21 heavy (non-hydrogen) atoms. The van der Waals surface area contributed by atoms with Crippen LogP contribution in [-0.2, 0) is 10.8 Å². The number of hydrogen-bond donors (Lipinski definition) is 3. The molecule has 0 heterocycles. The molecule has 122 valence electrons. The zero-order chi connectivity index (χ0) is 16.9. The molecule has 0 bridgehead atoms. The van der Waals surface area contributed by atoms with Crippen LogP contribution < -0.4 is 5.30 Å². The molecule has 0 radical (unpaired) electrons. The van der Waals surface area contributed by atoms with E-state index in [4.69, 9.17) is 0 Å². The molecule has 0 aliphatic heterocycles. The van der Waals surface area contributed by atoms with E-state index in [1.165, 1.54) is 5.56 Å². The van der Waals surface area contributed by atoms with Crippen molar-refractivity contribution in [3.8, 4) is 0 Å². The molecule has 0 saturated heterocycles. The van der Waals surface area contributed by atoms with Gasteiger partial charge in [0.2, 0.25) is 0 Å². The van der Waals surface area contributed by atoms with Crippen LogP contribution in [0.3, 0.4) is 0 Å². The second kappa shape index (κ2) is 5.03. The fourth-order valence-corrected chi connectivity index (χ4v) is 4.34. The van der Waals surface area contributed by atoms with Crippen molar-refractivity contribution in [1.82, 2.24) is 0 Å². The summed E-state index contributed by atoms with van der Waals surface area (Å²) < 4.78 is 0. The Hall–Kier alpha value is -0.470. The van der Waals surface area contributed by atoms with Gasteiger partial charge in [-0.25, -0.2) is 0 Å². The minimum absolute atomic E-state index is 0.0361. The van der Waals surface area contributed by atoms with E-state index in [9.17, 15) is 14.7 Å². The summed E-state index contributed by atoms with van der Waals surface area (Å²) >= 11 is 0. The molecule has 0 spiro atoms. The van der Waals surface area contributed by atoms with Gasteiger partial charge in [-0.05, 0) is 0 Å². The van der Waals surface area contributed by atoms with Crippen molar-refractivity contribution in [2.24, 2.45) is 0 Å². The molecule has 0 unspecified atom stereocenters. The van der Waals surface area contributed by atoms with Crippen molar-refractivity contribution < 1.29 is 14.7 Å². The summed E-state index contributed by atoms with van der Waals surface area (Å²) in [5.74, 6) is 0. The molecule has 0 aromatic heterocycles. The molecule has 0 aliphatic rings. The van der Waals surface area contributed by atoms with E-state index >= 15 is 0 Å². The molecule has 0 amide bonds. The molecule has 0 fully saturated rings. The van der Waals surface area contributed by atoms with Crippen LogP contribution in [0.25, 0.3) is 0 Å². The topological polar surface area (TPSA) is 60.7 Å². The quantitative estimate of drug-likeness (QED) is 0.732. The summed E-state index contributed by atoms with van der Waals surface area (Å²) in [6.07, 6.45) is -0.0665. The average Bonchev–Trinajstić information content (AvgIpc) is 2.25. The zero-order valence-electron chi connectivity index (χ0n) is 14.7. The van der Waals surface area contributed by atoms with Crippen LogP contribution >= 0.6 is 7.28 Å². The van der Waals surface area contributed by atoms with E-state index in [2.05, 4.69) is 20.8 Å². The van der Waals surface area contributed by atoms with Crippen LogP contribution in [-0.4, -0.2) is 20.8 Å². The number of hydrogen-bond acceptors (Lipinski definition) is 3. The fraction of sp³-hybridized carbons (Fsp3) is 0.647. The van der Waals surface area contributed by atoms with Crippen LogP contribution in [0.2, 0.25) is 0 Å². The summed E-state index contributed by atoms with van der Waals surface area (Å²) in [6, 6.07) is 3.80. The maximum absolute atomic E-state index is 10.5. The van der Waals surface area contributed by atoms with Gasteiger partial charge in [0, 0.05) is 0 Å². The Labute approximate surface area is 129 Å². The van der Waals surface area contributed by atoms with Crippen molar-refractivity contribution in [3.63, 3.8) is 0 Å². The maximum atomic E-state index is 10.5. The molecule has 0 atom stereocenters. The summed E-state index contributed by atoms with van der Waals surface area (Å²) in [5, 5.41) is 0.307. The molecule has 1 rings (SSSR count). The fourth-order valence-electron chi connectivity index (χ4n) is 2.65. The van der Waals surface area contributed by atoms with Gasteiger partial charge in [-0.1, -0.05) is 0 Å². The predicted molar refractivity (Wildman–Crippen MR) is 92.3 cm³/mol. The van der Waals surface area contributed by atoms with Crippen molar-refractivity contribution in [2.75, 3.05) is 6.16 Å². The Kier molecular flexibility index (Phi) is 4.45. The van der Waals surface area contributed by atoms with Gasteiger partial charge in [-0.2, -0.15) is 0 Å². The molecule has 0 saturated carbocycles. The van der Waals surface area contributed by atoms with Crippen molar-refractivity contribution in [1.29, 1.82) is 0 Å². The van der Waals surface area contributed by atoms with Gasteiger partial charge in [0.1, 0.15) is 0 Å². The molecule has 0 aliphatic carbocycles. The van der Waals surface area contributed by atoms with Crippen molar-refractivity contribution in [2.45, 2.75) is 66.2 Å². The average molecular weight is 314 g/mol. The third kappa shape index (κ3) is 3.84. The molecule has 1 aromatic carbocycles. The van der Waals surface area contributed by atoms with E-state index < -0.39 is 7.28 Å². The molecule has 4 heteroatoms. The first-order valence-corrected chi connectivity index (χ1v) is 9.78. The van der Waals surface area contributed by atoms with Gasteiger partial charge in [0.15, 0.2) is 0 Å². The predicted octanol–water partition coefficient (Wildman–Crippen LogP) is 3.51. The van der Waals surface area contributed by atoms with Crippen LogP contribution in [0.1, 0.15) is 65.2 Å². The number of benzene rings is 1. The zero-order valence-corrected chi connectivity index (χ0v) is 15.5. The van der Waals surface area contributed by atoms with Gasteiger partial charge in [0.05, 0.1) is 0 Å². The van der Waals surface area contributed by atoms with Gasteiger partial charge >= 0.3 is 128 Å². The monoisotopic (exact) mass is 314 g/mol. The first-order valence-electron chi connectivity index (χ1n) is 7.50. The third-order valence-corrected chi connectivity index (χ3v) is 6.56. The van der Waals surface area contributed by atoms with Gasteiger partial charge in [0.25, 0.3) is 0 Å². The van der Waals surface area contributed by atoms with Gasteiger partial charge < -0.3 is 0 Å². The second-order valence-electron chi connectivity index (χ2n) is 8.15. The van der Waals surface area contributed by atoms with Crippen LogP contribution in [0, 0.1) is 6.92 Å². The molecule has 3 N–H and O–H groups in total. The van der Waals surface area contributed by atoms with Crippen LogP contribution in [0.15, 0.2) is 12.1 Å². The third-order valence-electron chi connectivity index (χ3n) is 4.03. The summed E-state index contributed by atoms with van der Waals surface area (Å²) in [5.41, 5.74) is 2.63. The van der Waals surface area contributed by atoms with E-state index in [0.29, 0.717) is 5.30 Å². The Morgan fingerprint density at radius 3 is 1.62 bits per heavy atom.